The highest BCUT2D eigenvalue weighted by molar-refractivity contribution is 6.51. The number of methoxy groups -OCH3 is 2. The van der Waals surface area contributed by atoms with Gasteiger partial charge in [0, 0.05) is 23.4 Å². The molecule has 1 atom stereocenters. The number of rotatable bonds is 5. The van der Waals surface area contributed by atoms with E-state index in [0.29, 0.717) is 28.4 Å². The number of hydrogen-bond donors (Lipinski definition) is 1. The summed E-state index contributed by atoms with van der Waals surface area (Å²) in [5, 5.41) is 11.1. The molecule has 2 heterocycles. The highest BCUT2D eigenvalue weighted by Crippen LogP contribution is 2.45. The van der Waals surface area contributed by atoms with E-state index in [9.17, 15) is 14.7 Å². The third-order valence-corrected chi connectivity index (χ3v) is 5.12. The van der Waals surface area contributed by atoms with Gasteiger partial charge >= 0.3 is 5.91 Å². The van der Waals surface area contributed by atoms with E-state index in [-0.39, 0.29) is 11.3 Å². The number of Topliss-reactive ketones (excluding diaryl/α,β-unsaturated/α-hetero) is 1. The molecule has 7 nitrogen and oxygen atoms in total. The highest BCUT2D eigenvalue weighted by Gasteiger charge is 2.48. The number of hydrogen-bond acceptors (Lipinski definition) is 6. The maximum Gasteiger partial charge on any atom is 0.301 e. The molecule has 1 aliphatic heterocycles. The molecule has 3 aromatic rings. The molecule has 0 bridgehead atoms. The summed E-state index contributed by atoms with van der Waals surface area (Å²) in [6.45, 7) is 0. The molecule has 0 radical (unpaired) electrons. The molecule has 4 rings (SSSR count). The third-order valence-electron chi connectivity index (χ3n) is 5.12. The second-order valence-corrected chi connectivity index (χ2v) is 6.83. The minimum atomic E-state index is -0.934. The molecule has 2 aromatic carbocycles. The fraction of sp³-hybridized carbons (Fsp3) is 0.125. The summed E-state index contributed by atoms with van der Waals surface area (Å²) >= 11 is 0. The fourth-order valence-electron chi connectivity index (χ4n) is 3.66. The fourth-order valence-corrected chi connectivity index (χ4v) is 3.66. The van der Waals surface area contributed by atoms with Gasteiger partial charge < -0.3 is 14.6 Å². The summed E-state index contributed by atoms with van der Waals surface area (Å²) in [6.07, 6.45) is 1.54. The Hall–Kier alpha value is -4.13. The van der Waals surface area contributed by atoms with E-state index in [4.69, 9.17) is 9.47 Å². The molecule has 7 heteroatoms. The van der Waals surface area contributed by atoms with Gasteiger partial charge in [0.1, 0.15) is 29.1 Å². The molecular formula is C24H20N2O5. The SMILES string of the molecule is COc1ccc([C@H]2C(=C(O)c3ccccc3)C(=O)C(=O)N2c2ccccn2)c(OC)c1. The zero-order chi connectivity index (χ0) is 22.0. The molecular weight excluding hydrogens is 396 g/mol. The number of benzene rings is 2. The first-order chi connectivity index (χ1) is 15.1. The summed E-state index contributed by atoms with van der Waals surface area (Å²) in [5.41, 5.74) is 0.912. The van der Waals surface area contributed by atoms with Crippen LogP contribution in [0, 0.1) is 0 Å². The van der Waals surface area contributed by atoms with E-state index in [0.717, 1.165) is 0 Å². The third kappa shape index (κ3) is 3.50. The smallest absolute Gasteiger partial charge is 0.301 e. The van der Waals surface area contributed by atoms with Crippen molar-refractivity contribution >= 4 is 23.3 Å². The van der Waals surface area contributed by atoms with Crippen molar-refractivity contribution in [2.24, 2.45) is 0 Å². The number of aromatic nitrogens is 1. The van der Waals surface area contributed by atoms with Crippen molar-refractivity contribution in [3.05, 3.63) is 89.6 Å². The van der Waals surface area contributed by atoms with Gasteiger partial charge in [0.15, 0.2) is 0 Å². The van der Waals surface area contributed by atoms with Crippen LogP contribution in [0.2, 0.25) is 0 Å². The van der Waals surface area contributed by atoms with Crippen LogP contribution in [0.5, 0.6) is 11.5 Å². The van der Waals surface area contributed by atoms with E-state index >= 15 is 0 Å². The molecule has 0 saturated carbocycles. The molecule has 1 amide bonds. The maximum absolute atomic E-state index is 13.1. The van der Waals surface area contributed by atoms with E-state index in [2.05, 4.69) is 4.98 Å². The lowest BCUT2D eigenvalue weighted by Gasteiger charge is -2.26. The number of amides is 1. The summed E-state index contributed by atoms with van der Waals surface area (Å²) < 4.78 is 10.8. The van der Waals surface area contributed by atoms with Crippen molar-refractivity contribution in [1.82, 2.24) is 4.98 Å². The standard InChI is InChI=1S/C24H20N2O5/c1-30-16-11-12-17(18(14-16)31-2)21-20(22(27)15-8-4-3-5-9-15)23(28)24(29)26(21)19-10-6-7-13-25-19/h3-14,21,27H,1-2H3/t21-/m0/s1. The molecule has 156 valence electrons. The normalized spacial score (nSPS) is 17.6. The largest absolute Gasteiger partial charge is 0.507 e. The predicted octanol–water partition coefficient (Wildman–Crippen LogP) is 3.73. The summed E-state index contributed by atoms with van der Waals surface area (Å²) in [5.74, 6) is -0.585. The summed E-state index contributed by atoms with van der Waals surface area (Å²) in [6, 6.07) is 17.9. The maximum atomic E-state index is 13.1. The van der Waals surface area contributed by atoms with Gasteiger partial charge in [-0.1, -0.05) is 36.4 Å². The first-order valence-electron chi connectivity index (χ1n) is 9.56. The van der Waals surface area contributed by atoms with Gasteiger partial charge in [0.2, 0.25) is 0 Å². The topological polar surface area (TPSA) is 89.0 Å². The van der Waals surface area contributed by atoms with Gasteiger partial charge in [-0.2, -0.15) is 0 Å². The van der Waals surface area contributed by atoms with Crippen LogP contribution in [-0.4, -0.2) is 36.0 Å². The van der Waals surface area contributed by atoms with Crippen molar-refractivity contribution < 1.29 is 24.2 Å². The van der Waals surface area contributed by atoms with Gasteiger partial charge in [-0.3, -0.25) is 14.5 Å². The van der Waals surface area contributed by atoms with Gasteiger partial charge in [-0.05, 0) is 24.3 Å². The Morgan fingerprint density at radius 2 is 1.71 bits per heavy atom. The number of nitrogens with zero attached hydrogens (tertiary/aromatic N) is 2. The Labute approximate surface area is 179 Å². The van der Waals surface area contributed by atoms with Crippen LogP contribution in [-0.2, 0) is 9.59 Å². The molecule has 1 saturated heterocycles. The molecule has 1 aromatic heterocycles. The van der Waals surface area contributed by atoms with E-state index < -0.39 is 17.7 Å². The molecule has 1 fully saturated rings. The zero-order valence-electron chi connectivity index (χ0n) is 17.0. The number of ketones is 1. The molecule has 0 unspecified atom stereocenters. The molecule has 1 N–H and O–H groups in total. The molecule has 1 aliphatic rings. The van der Waals surface area contributed by atoms with Crippen LogP contribution >= 0.6 is 0 Å². The van der Waals surface area contributed by atoms with Crippen molar-refractivity contribution in [1.29, 1.82) is 0 Å². The minimum Gasteiger partial charge on any atom is -0.507 e. The predicted molar refractivity (Wildman–Crippen MR) is 115 cm³/mol. The number of carbonyl (C=O) groups is 2. The zero-order valence-corrected chi connectivity index (χ0v) is 17.0. The average molecular weight is 416 g/mol. The second kappa shape index (κ2) is 8.31. The quantitative estimate of drug-likeness (QED) is 0.387. The lowest BCUT2D eigenvalue weighted by atomic mass is 9.94. The van der Waals surface area contributed by atoms with E-state index in [1.165, 1.54) is 25.3 Å². The number of pyridine rings is 1. The Kier molecular flexibility index (Phi) is 5.41. The van der Waals surface area contributed by atoms with Gasteiger partial charge in [-0.15, -0.1) is 0 Å². The highest BCUT2D eigenvalue weighted by atomic mass is 16.5. The first kappa shape index (κ1) is 20.2. The minimum absolute atomic E-state index is 0.0367. The summed E-state index contributed by atoms with van der Waals surface area (Å²) in [7, 11) is 3.02. The molecule has 0 spiro atoms. The number of aliphatic hydroxyl groups excluding tert-OH is 1. The first-order valence-corrected chi connectivity index (χ1v) is 9.56. The molecule has 0 aliphatic carbocycles. The number of carbonyl (C=O) groups excluding carboxylic acids is 2. The van der Waals surface area contributed by atoms with Gasteiger partial charge in [0.05, 0.1) is 19.8 Å². The van der Waals surface area contributed by atoms with Crippen molar-refractivity contribution in [2.75, 3.05) is 19.1 Å². The Morgan fingerprint density at radius 3 is 2.35 bits per heavy atom. The van der Waals surface area contributed by atoms with Crippen LogP contribution in [0.25, 0.3) is 5.76 Å². The second-order valence-electron chi connectivity index (χ2n) is 6.83. The monoisotopic (exact) mass is 416 g/mol. The molecule has 31 heavy (non-hydrogen) atoms. The van der Waals surface area contributed by atoms with Crippen LogP contribution < -0.4 is 14.4 Å². The number of ether oxygens (including phenoxy) is 2. The van der Waals surface area contributed by atoms with Gasteiger partial charge in [-0.25, -0.2) is 4.98 Å². The average Bonchev–Trinajstić information content (AvgIpc) is 3.09. The van der Waals surface area contributed by atoms with Crippen LogP contribution in [0.4, 0.5) is 5.82 Å². The van der Waals surface area contributed by atoms with Crippen molar-refractivity contribution in [2.45, 2.75) is 6.04 Å². The Morgan fingerprint density at radius 1 is 0.968 bits per heavy atom. The van der Waals surface area contributed by atoms with Crippen molar-refractivity contribution in [3.63, 3.8) is 0 Å². The summed E-state index contributed by atoms with van der Waals surface area (Å²) in [4.78, 5) is 31.7. The number of aliphatic hydroxyl groups is 1. The van der Waals surface area contributed by atoms with Gasteiger partial charge in [0.25, 0.3) is 5.78 Å². The van der Waals surface area contributed by atoms with Crippen LogP contribution in [0.1, 0.15) is 17.2 Å². The lowest BCUT2D eigenvalue weighted by Crippen LogP contribution is -2.30. The number of anilines is 1. The van der Waals surface area contributed by atoms with E-state index in [1.54, 1.807) is 66.7 Å². The van der Waals surface area contributed by atoms with Crippen molar-refractivity contribution in [3.8, 4) is 11.5 Å². The van der Waals surface area contributed by atoms with E-state index in [1.807, 2.05) is 0 Å². The Bertz CT molecular complexity index is 1160. The Balaban J connectivity index is 1.99. The van der Waals surface area contributed by atoms with Crippen LogP contribution in [0.15, 0.2) is 78.5 Å². The lowest BCUT2D eigenvalue weighted by molar-refractivity contribution is -0.132. The van der Waals surface area contributed by atoms with Crippen LogP contribution in [0.3, 0.4) is 0 Å².